The highest BCUT2D eigenvalue weighted by molar-refractivity contribution is 7.60. The summed E-state index contributed by atoms with van der Waals surface area (Å²) in [5.41, 5.74) is -0.712. The van der Waals surface area contributed by atoms with Gasteiger partial charge in [-0.05, 0) is 12.1 Å². The van der Waals surface area contributed by atoms with Crippen molar-refractivity contribution in [2.75, 3.05) is 0 Å². The summed E-state index contributed by atoms with van der Waals surface area (Å²) < 4.78 is 16.6. The van der Waals surface area contributed by atoms with E-state index in [1.165, 1.54) is 18.3 Å². The van der Waals surface area contributed by atoms with Gasteiger partial charge in [-0.15, -0.1) is 0 Å². The minimum Gasteiger partial charge on any atom is -0.438 e. The summed E-state index contributed by atoms with van der Waals surface area (Å²) in [4.78, 5) is 32.1. The van der Waals surface area contributed by atoms with Crippen molar-refractivity contribution >= 4 is 41.8 Å². The summed E-state index contributed by atoms with van der Waals surface area (Å²) in [7, 11) is -4.86. The highest BCUT2D eigenvalue weighted by Gasteiger charge is 2.29. The molecule has 22 heavy (non-hydrogen) atoms. The van der Waals surface area contributed by atoms with E-state index in [1.807, 2.05) is 0 Å². The van der Waals surface area contributed by atoms with Gasteiger partial charge in [-0.2, -0.15) is 0 Å². The van der Waals surface area contributed by atoms with Crippen LogP contribution in [0.15, 0.2) is 30.5 Å². The summed E-state index contributed by atoms with van der Waals surface area (Å²) >= 11 is 11.5. The SMILES string of the molecule is O=[N+]([O-])c1ccc(Oc2ncc(Cl)cc2Cl)cc1P(=O)(O)O. The summed E-state index contributed by atoms with van der Waals surface area (Å²) in [6.07, 6.45) is 1.26. The molecule has 0 bridgehead atoms. The maximum absolute atomic E-state index is 11.3. The van der Waals surface area contributed by atoms with E-state index in [9.17, 15) is 24.5 Å². The van der Waals surface area contributed by atoms with E-state index in [4.69, 9.17) is 27.9 Å². The third-order valence-corrected chi connectivity index (χ3v) is 3.91. The molecule has 1 heterocycles. The highest BCUT2D eigenvalue weighted by Crippen LogP contribution is 2.39. The molecule has 116 valence electrons. The summed E-state index contributed by atoms with van der Waals surface area (Å²) in [5, 5.41) is 10.4. The summed E-state index contributed by atoms with van der Waals surface area (Å²) in [6, 6.07) is 4.32. The van der Waals surface area contributed by atoms with E-state index in [-0.39, 0.29) is 21.7 Å². The van der Waals surface area contributed by atoms with Crippen LogP contribution in [0.1, 0.15) is 0 Å². The lowest BCUT2D eigenvalue weighted by atomic mass is 10.3. The number of hydrogen-bond acceptors (Lipinski definition) is 5. The molecule has 0 fully saturated rings. The molecule has 2 rings (SSSR count). The van der Waals surface area contributed by atoms with Gasteiger partial charge in [0.05, 0.1) is 9.95 Å². The number of aromatic nitrogens is 1. The van der Waals surface area contributed by atoms with Crippen molar-refractivity contribution in [1.29, 1.82) is 0 Å². The molecule has 0 aliphatic heterocycles. The molecule has 0 saturated carbocycles. The lowest BCUT2D eigenvalue weighted by Gasteiger charge is -2.09. The predicted molar refractivity (Wildman–Crippen MR) is 79.1 cm³/mol. The monoisotopic (exact) mass is 364 g/mol. The van der Waals surface area contributed by atoms with E-state index < -0.39 is 23.5 Å². The molecule has 0 aliphatic carbocycles. The Hall–Kier alpha value is -1.70. The van der Waals surface area contributed by atoms with Gasteiger partial charge in [0, 0.05) is 18.3 Å². The number of rotatable bonds is 4. The fraction of sp³-hybridized carbons (Fsp3) is 0. The average molecular weight is 365 g/mol. The average Bonchev–Trinajstić information content (AvgIpc) is 2.40. The molecule has 0 amide bonds. The predicted octanol–water partition coefficient (Wildman–Crippen LogP) is 2.89. The first kappa shape index (κ1) is 16.7. The van der Waals surface area contributed by atoms with Crippen LogP contribution in [0.2, 0.25) is 10.0 Å². The molecule has 0 spiro atoms. The number of hydrogen-bond donors (Lipinski definition) is 2. The number of nitro groups is 1. The van der Waals surface area contributed by atoms with Crippen molar-refractivity contribution < 1.29 is 24.0 Å². The van der Waals surface area contributed by atoms with Gasteiger partial charge >= 0.3 is 7.60 Å². The molecule has 2 aromatic rings. The molecule has 1 aromatic heterocycles. The largest absolute Gasteiger partial charge is 0.438 e. The number of ether oxygens (including phenoxy) is 1. The van der Waals surface area contributed by atoms with Gasteiger partial charge in [0.1, 0.15) is 16.1 Å². The second-order valence-electron chi connectivity index (χ2n) is 3.99. The number of halogens is 2. The van der Waals surface area contributed by atoms with Crippen molar-refractivity contribution in [2.24, 2.45) is 0 Å². The molecular weight excluding hydrogens is 358 g/mol. The first-order valence-electron chi connectivity index (χ1n) is 5.52. The number of pyridine rings is 1. The van der Waals surface area contributed by atoms with E-state index >= 15 is 0 Å². The standard InChI is InChI=1S/C11H7Cl2N2O6P/c12-6-3-8(13)11(14-5-6)21-7-1-2-9(15(16)17)10(4-7)22(18,19)20/h1-5H,(H2,18,19,20). The molecule has 1 aromatic carbocycles. The van der Waals surface area contributed by atoms with Gasteiger partial charge in [0.15, 0.2) is 0 Å². The van der Waals surface area contributed by atoms with Crippen LogP contribution in [-0.2, 0) is 4.57 Å². The van der Waals surface area contributed by atoms with E-state index in [1.54, 1.807) is 0 Å². The number of nitrogens with zero attached hydrogens (tertiary/aromatic N) is 2. The van der Waals surface area contributed by atoms with E-state index in [0.29, 0.717) is 0 Å². The minimum absolute atomic E-state index is 0.0587. The van der Waals surface area contributed by atoms with Crippen LogP contribution in [0.3, 0.4) is 0 Å². The van der Waals surface area contributed by atoms with Crippen molar-refractivity contribution in [3.63, 3.8) is 0 Å². The van der Waals surface area contributed by atoms with Gasteiger partial charge in [-0.3, -0.25) is 14.7 Å². The topological polar surface area (TPSA) is 123 Å². The third kappa shape index (κ3) is 3.73. The summed E-state index contributed by atoms with van der Waals surface area (Å²) in [6.45, 7) is 0. The van der Waals surface area contributed by atoms with Gasteiger partial charge in [-0.1, -0.05) is 23.2 Å². The molecule has 0 atom stereocenters. The third-order valence-electron chi connectivity index (χ3n) is 2.45. The van der Waals surface area contributed by atoms with Gasteiger partial charge < -0.3 is 14.5 Å². The summed E-state index contributed by atoms with van der Waals surface area (Å²) in [5.74, 6) is -0.128. The van der Waals surface area contributed by atoms with Gasteiger partial charge in [0.25, 0.3) is 5.69 Å². The Morgan fingerprint density at radius 1 is 1.27 bits per heavy atom. The van der Waals surface area contributed by atoms with Crippen molar-refractivity contribution in [3.8, 4) is 11.6 Å². The Kier molecular flexibility index (Phi) is 4.69. The van der Waals surface area contributed by atoms with E-state index in [2.05, 4.69) is 4.98 Å². The van der Waals surface area contributed by atoms with Crippen LogP contribution in [0.4, 0.5) is 5.69 Å². The Morgan fingerprint density at radius 3 is 2.50 bits per heavy atom. The molecule has 8 nitrogen and oxygen atoms in total. The molecule has 11 heteroatoms. The molecule has 0 radical (unpaired) electrons. The minimum atomic E-state index is -4.86. The smallest absolute Gasteiger partial charge is 0.363 e. The lowest BCUT2D eigenvalue weighted by Crippen LogP contribution is -2.10. The maximum Gasteiger partial charge on any atom is 0.363 e. The van der Waals surface area contributed by atoms with E-state index in [0.717, 1.165) is 12.1 Å². The number of nitro benzene ring substituents is 1. The molecule has 0 aliphatic rings. The Morgan fingerprint density at radius 2 is 1.95 bits per heavy atom. The fourth-order valence-corrected chi connectivity index (χ4v) is 2.71. The van der Waals surface area contributed by atoms with Crippen LogP contribution in [-0.4, -0.2) is 19.7 Å². The zero-order valence-electron chi connectivity index (χ0n) is 10.5. The lowest BCUT2D eigenvalue weighted by molar-refractivity contribution is -0.383. The quantitative estimate of drug-likeness (QED) is 0.485. The van der Waals surface area contributed by atoms with Gasteiger partial charge in [0.2, 0.25) is 5.88 Å². The highest BCUT2D eigenvalue weighted by atomic mass is 35.5. The first-order chi connectivity index (χ1) is 10.2. The van der Waals surface area contributed by atoms with Crippen LogP contribution in [0.5, 0.6) is 11.6 Å². The molecular formula is C11H7Cl2N2O6P. The second-order valence-corrected chi connectivity index (χ2v) is 6.41. The van der Waals surface area contributed by atoms with Crippen LogP contribution >= 0.6 is 30.8 Å². The van der Waals surface area contributed by atoms with Crippen LogP contribution in [0, 0.1) is 10.1 Å². The fourth-order valence-electron chi connectivity index (χ4n) is 1.54. The Bertz CT molecular complexity index is 794. The zero-order chi connectivity index (χ0) is 16.5. The molecule has 0 unspecified atom stereocenters. The zero-order valence-corrected chi connectivity index (χ0v) is 12.9. The van der Waals surface area contributed by atoms with Crippen LogP contribution in [0.25, 0.3) is 0 Å². The molecule has 2 N–H and O–H groups in total. The van der Waals surface area contributed by atoms with Crippen LogP contribution < -0.4 is 10.0 Å². The van der Waals surface area contributed by atoms with Gasteiger partial charge in [-0.25, -0.2) is 4.98 Å². The Balaban J connectivity index is 2.45. The first-order valence-corrected chi connectivity index (χ1v) is 7.89. The van der Waals surface area contributed by atoms with Crippen molar-refractivity contribution in [2.45, 2.75) is 0 Å². The number of benzene rings is 1. The molecule has 0 saturated heterocycles. The normalized spacial score (nSPS) is 11.3. The van der Waals surface area contributed by atoms with Crippen molar-refractivity contribution in [1.82, 2.24) is 4.98 Å². The van der Waals surface area contributed by atoms with Crippen molar-refractivity contribution in [3.05, 3.63) is 50.6 Å². The maximum atomic E-state index is 11.3. The Labute approximate surface area is 133 Å². The second kappa shape index (κ2) is 6.20.